The molecule has 3 aromatic rings. The van der Waals surface area contributed by atoms with E-state index in [1.54, 1.807) is 43.5 Å². The van der Waals surface area contributed by atoms with Crippen LogP contribution in [0.15, 0.2) is 78.9 Å². The first-order chi connectivity index (χ1) is 14.2. The zero-order chi connectivity index (χ0) is 20.5. The van der Waals surface area contributed by atoms with Gasteiger partial charge in [-0.15, -0.1) is 0 Å². The first-order valence-corrected chi connectivity index (χ1v) is 9.54. The highest BCUT2D eigenvalue weighted by atomic mass is 16.5. The smallest absolute Gasteiger partial charge is 0.255 e. The van der Waals surface area contributed by atoms with Crippen molar-refractivity contribution in [2.24, 2.45) is 0 Å². The Morgan fingerprint density at radius 1 is 0.793 bits per heavy atom. The Kier molecular flexibility index (Phi) is 7.00. The van der Waals surface area contributed by atoms with Gasteiger partial charge in [0.05, 0.1) is 12.8 Å². The highest BCUT2D eigenvalue weighted by molar-refractivity contribution is 6.05. The standard InChI is InChI=1S/C24H24N2O3/c1-29-22-12-6-5-11-21(22)26-24(28)20-15-13-19(14-16-20)23(27)25-17-7-10-18-8-3-2-4-9-18/h2-6,8-9,11-16H,7,10,17H2,1H3,(H,25,27)(H,26,28). The van der Waals surface area contributed by atoms with Crippen LogP contribution in [0.3, 0.4) is 0 Å². The highest BCUT2D eigenvalue weighted by Gasteiger charge is 2.11. The molecule has 3 rings (SSSR count). The van der Waals surface area contributed by atoms with Crippen molar-refractivity contribution >= 4 is 17.5 Å². The van der Waals surface area contributed by atoms with Crippen molar-refractivity contribution in [3.8, 4) is 5.75 Å². The molecule has 2 N–H and O–H groups in total. The lowest BCUT2D eigenvalue weighted by Gasteiger charge is -2.10. The maximum Gasteiger partial charge on any atom is 0.255 e. The fourth-order valence-electron chi connectivity index (χ4n) is 2.96. The molecule has 0 saturated carbocycles. The number of nitrogens with one attached hydrogen (secondary N) is 2. The molecule has 0 aliphatic heterocycles. The summed E-state index contributed by atoms with van der Waals surface area (Å²) in [7, 11) is 1.55. The van der Waals surface area contributed by atoms with Crippen molar-refractivity contribution in [1.29, 1.82) is 0 Å². The lowest BCUT2D eigenvalue weighted by molar-refractivity contribution is 0.0951. The van der Waals surface area contributed by atoms with Gasteiger partial charge in [0.2, 0.25) is 0 Å². The number of rotatable bonds is 8. The van der Waals surface area contributed by atoms with Crippen molar-refractivity contribution < 1.29 is 14.3 Å². The second kappa shape index (κ2) is 10.1. The van der Waals surface area contributed by atoms with Crippen LogP contribution in [-0.2, 0) is 6.42 Å². The average Bonchev–Trinajstić information content (AvgIpc) is 2.77. The summed E-state index contributed by atoms with van der Waals surface area (Å²) in [5, 5.41) is 5.74. The summed E-state index contributed by atoms with van der Waals surface area (Å²) in [6, 6.07) is 24.0. The number of aryl methyl sites for hydroxylation is 1. The van der Waals surface area contributed by atoms with Crippen LogP contribution >= 0.6 is 0 Å². The van der Waals surface area contributed by atoms with E-state index in [-0.39, 0.29) is 11.8 Å². The van der Waals surface area contributed by atoms with Crippen LogP contribution < -0.4 is 15.4 Å². The van der Waals surface area contributed by atoms with Gasteiger partial charge in [-0.1, -0.05) is 42.5 Å². The number of para-hydroxylation sites is 2. The summed E-state index contributed by atoms with van der Waals surface area (Å²) in [6.45, 7) is 0.601. The topological polar surface area (TPSA) is 67.4 Å². The second-order valence-corrected chi connectivity index (χ2v) is 6.58. The molecule has 3 aromatic carbocycles. The lowest BCUT2D eigenvalue weighted by Crippen LogP contribution is -2.24. The minimum absolute atomic E-state index is 0.144. The average molecular weight is 388 g/mol. The number of ether oxygens (including phenoxy) is 1. The highest BCUT2D eigenvalue weighted by Crippen LogP contribution is 2.23. The van der Waals surface area contributed by atoms with Gasteiger partial charge in [0.25, 0.3) is 11.8 Å². The summed E-state index contributed by atoms with van der Waals surface area (Å²) in [5.41, 5.74) is 2.85. The molecule has 0 aliphatic carbocycles. The molecule has 2 amide bonds. The largest absolute Gasteiger partial charge is 0.495 e. The van der Waals surface area contributed by atoms with Crippen LogP contribution in [0.4, 0.5) is 5.69 Å². The molecule has 0 aromatic heterocycles. The number of hydrogen-bond donors (Lipinski definition) is 2. The van der Waals surface area contributed by atoms with E-state index in [0.717, 1.165) is 12.8 Å². The molecule has 0 unspecified atom stereocenters. The maximum absolute atomic E-state index is 12.4. The Morgan fingerprint density at radius 2 is 1.41 bits per heavy atom. The zero-order valence-corrected chi connectivity index (χ0v) is 16.4. The first kappa shape index (κ1) is 20.1. The third-order valence-electron chi connectivity index (χ3n) is 4.54. The van der Waals surface area contributed by atoms with Gasteiger partial charge < -0.3 is 15.4 Å². The number of carbonyl (C=O) groups excluding carboxylic acids is 2. The van der Waals surface area contributed by atoms with E-state index < -0.39 is 0 Å². The lowest BCUT2D eigenvalue weighted by atomic mass is 10.1. The number of methoxy groups -OCH3 is 1. The van der Waals surface area contributed by atoms with Crippen molar-refractivity contribution in [3.63, 3.8) is 0 Å². The van der Waals surface area contributed by atoms with Gasteiger partial charge in [-0.2, -0.15) is 0 Å². The van der Waals surface area contributed by atoms with Crippen molar-refractivity contribution in [1.82, 2.24) is 5.32 Å². The summed E-state index contributed by atoms with van der Waals surface area (Å²) in [4.78, 5) is 24.7. The molecule has 0 heterocycles. The van der Waals surface area contributed by atoms with Crippen LogP contribution in [0.2, 0.25) is 0 Å². The predicted molar refractivity (Wildman–Crippen MR) is 114 cm³/mol. The second-order valence-electron chi connectivity index (χ2n) is 6.58. The van der Waals surface area contributed by atoms with Crippen molar-refractivity contribution in [2.45, 2.75) is 12.8 Å². The van der Waals surface area contributed by atoms with Gasteiger partial charge in [0.15, 0.2) is 0 Å². The predicted octanol–water partition coefficient (Wildman–Crippen LogP) is 4.31. The molecule has 0 saturated heterocycles. The number of carbonyl (C=O) groups is 2. The molecular formula is C24H24N2O3. The van der Waals surface area contributed by atoms with Gasteiger partial charge in [0, 0.05) is 17.7 Å². The van der Waals surface area contributed by atoms with Crippen LogP contribution in [0, 0.1) is 0 Å². The van der Waals surface area contributed by atoms with E-state index in [2.05, 4.69) is 22.8 Å². The molecule has 0 aliphatic rings. The zero-order valence-electron chi connectivity index (χ0n) is 16.4. The summed E-state index contributed by atoms with van der Waals surface area (Å²) >= 11 is 0. The molecule has 29 heavy (non-hydrogen) atoms. The summed E-state index contributed by atoms with van der Waals surface area (Å²) < 4.78 is 5.24. The van der Waals surface area contributed by atoms with Crippen LogP contribution in [0.25, 0.3) is 0 Å². The maximum atomic E-state index is 12.4. The Labute approximate surface area is 170 Å². The number of anilines is 1. The summed E-state index contributed by atoms with van der Waals surface area (Å²) in [5.74, 6) is 0.186. The molecule has 0 bridgehead atoms. The normalized spacial score (nSPS) is 10.2. The molecule has 5 nitrogen and oxygen atoms in total. The minimum Gasteiger partial charge on any atom is -0.495 e. The molecule has 0 radical (unpaired) electrons. The Bertz CT molecular complexity index is 953. The van der Waals surface area contributed by atoms with E-state index in [1.165, 1.54) is 5.56 Å². The molecular weight excluding hydrogens is 364 g/mol. The van der Waals surface area contributed by atoms with Crippen LogP contribution in [0.5, 0.6) is 5.75 Å². The minimum atomic E-state index is -0.260. The fraction of sp³-hybridized carbons (Fsp3) is 0.167. The Morgan fingerprint density at radius 3 is 2.10 bits per heavy atom. The van der Waals surface area contributed by atoms with Gasteiger partial charge in [-0.3, -0.25) is 9.59 Å². The van der Waals surface area contributed by atoms with Crippen LogP contribution in [-0.4, -0.2) is 25.5 Å². The van der Waals surface area contributed by atoms with E-state index >= 15 is 0 Å². The van der Waals surface area contributed by atoms with E-state index in [1.807, 2.05) is 30.3 Å². The number of hydrogen-bond acceptors (Lipinski definition) is 3. The van der Waals surface area contributed by atoms with E-state index in [0.29, 0.717) is 29.1 Å². The molecule has 0 spiro atoms. The van der Waals surface area contributed by atoms with Gasteiger partial charge in [-0.05, 0) is 54.8 Å². The van der Waals surface area contributed by atoms with Crippen LogP contribution in [0.1, 0.15) is 32.7 Å². The molecule has 0 atom stereocenters. The van der Waals surface area contributed by atoms with Crippen molar-refractivity contribution in [3.05, 3.63) is 95.6 Å². The molecule has 148 valence electrons. The fourth-order valence-corrected chi connectivity index (χ4v) is 2.96. The molecule has 0 fully saturated rings. The third-order valence-corrected chi connectivity index (χ3v) is 4.54. The monoisotopic (exact) mass is 388 g/mol. The van der Waals surface area contributed by atoms with Gasteiger partial charge >= 0.3 is 0 Å². The Hall–Kier alpha value is -3.60. The number of benzene rings is 3. The quantitative estimate of drug-likeness (QED) is 0.565. The van der Waals surface area contributed by atoms with E-state index in [9.17, 15) is 9.59 Å². The SMILES string of the molecule is COc1ccccc1NC(=O)c1ccc(C(=O)NCCCc2ccccc2)cc1. The molecule has 5 heteroatoms. The van der Waals surface area contributed by atoms with Crippen molar-refractivity contribution in [2.75, 3.05) is 19.0 Å². The summed E-state index contributed by atoms with van der Waals surface area (Å²) in [6.07, 6.45) is 1.79. The van der Waals surface area contributed by atoms with Gasteiger partial charge in [-0.25, -0.2) is 0 Å². The van der Waals surface area contributed by atoms with Gasteiger partial charge in [0.1, 0.15) is 5.75 Å². The Balaban J connectivity index is 1.51. The third kappa shape index (κ3) is 5.69. The first-order valence-electron chi connectivity index (χ1n) is 9.54. The van der Waals surface area contributed by atoms with E-state index in [4.69, 9.17) is 4.74 Å². The number of amides is 2.